The number of carbonyl (C=O) groups is 1. The van der Waals surface area contributed by atoms with Crippen LogP contribution in [-0.4, -0.2) is 11.1 Å². The molecule has 0 bridgehead atoms. The molecule has 3 N–H and O–H groups in total. The summed E-state index contributed by atoms with van der Waals surface area (Å²) >= 11 is 0. The summed E-state index contributed by atoms with van der Waals surface area (Å²) in [6.45, 7) is 7.79. The molecule has 0 saturated carbocycles. The molecule has 1 heterocycles. The van der Waals surface area contributed by atoms with Crippen molar-refractivity contribution < 1.29 is 14.3 Å². The van der Waals surface area contributed by atoms with Crippen LogP contribution in [0.1, 0.15) is 46.9 Å². The molecular weight excluding hydrogens is 266 g/mol. The zero-order valence-electron chi connectivity index (χ0n) is 13.1. The van der Waals surface area contributed by atoms with Gasteiger partial charge in [-0.15, -0.1) is 0 Å². The Morgan fingerprint density at radius 2 is 1.67 bits per heavy atom. The van der Waals surface area contributed by atoms with E-state index in [0.717, 1.165) is 29.1 Å². The zero-order valence-corrected chi connectivity index (χ0v) is 13.1. The minimum Gasteiger partial charge on any atom is -0.478 e. The van der Waals surface area contributed by atoms with Crippen LogP contribution in [0.25, 0.3) is 0 Å². The predicted molar refractivity (Wildman–Crippen MR) is 84.8 cm³/mol. The molecule has 0 aliphatic heterocycles. The number of nitrogen functional groups attached to an aromatic ring is 1. The van der Waals surface area contributed by atoms with E-state index in [-0.39, 0.29) is 0 Å². The monoisotopic (exact) mass is 289 g/mol. The summed E-state index contributed by atoms with van der Waals surface area (Å²) in [6.07, 6.45) is 1.49. The van der Waals surface area contributed by atoms with Gasteiger partial charge in [-0.3, -0.25) is 0 Å². The second-order valence-electron chi connectivity index (χ2n) is 4.83. The Bertz CT molecular complexity index is 598. The van der Waals surface area contributed by atoms with E-state index in [2.05, 4.69) is 0 Å². The van der Waals surface area contributed by atoms with Gasteiger partial charge >= 0.3 is 5.97 Å². The van der Waals surface area contributed by atoms with Gasteiger partial charge in [0.25, 0.3) is 0 Å². The maximum Gasteiger partial charge on any atom is 0.336 e. The number of aromatic carboxylic acids is 1. The van der Waals surface area contributed by atoms with Crippen LogP contribution < -0.4 is 5.73 Å². The molecule has 4 nitrogen and oxygen atoms in total. The molecule has 0 aliphatic rings. The van der Waals surface area contributed by atoms with Crippen LogP contribution in [0.3, 0.4) is 0 Å². The van der Waals surface area contributed by atoms with Gasteiger partial charge in [0.15, 0.2) is 0 Å². The fourth-order valence-electron chi connectivity index (χ4n) is 2.16. The van der Waals surface area contributed by atoms with E-state index in [1.165, 1.54) is 0 Å². The highest BCUT2D eigenvalue weighted by atomic mass is 16.4. The molecule has 0 saturated heterocycles. The third-order valence-electron chi connectivity index (χ3n) is 3.29. The lowest BCUT2D eigenvalue weighted by Crippen LogP contribution is -2.07. The van der Waals surface area contributed by atoms with Crippen molar-refractivity contribution >= 4 is 11.7 Å². The number of aryl methyl sites for hydroxylation is 3. The largest absolute Gasteiger partial charge is 0.478 e. The second kappa shape index (κ2) is 7.53. The van der Waals surface area contributed by atoms with E-state index < -0.39 is 5.97 Å². The summed E-state index contributed by atoms with van der Waals surface area (Å²) in [6, 6.07) is 7.33. The minimum atomic E-state index is -0.906. The fraction of sp³-hybridized carbons (Fsp3) is 0.353. The molecular formula is C17H23NO3. The molecule has 0 amide bonds. The van der Waals surface area contributed by atoms with Crippen molar-refractivity contribution in [2.45, 2.75) is 40.5 Å². The number of furan rings is 1. The Kier molecular flexibility index (Phi) is 6.03. The van der Waals surface area contributed by atoms with Gasteiger partial charge in [0.05, 0.1) is 5.56 Å². The van der Waals surface area contributed by atoms with Crippen molar-refractivity contribution in [3.05, 3.63) is 52.5 Å². The zero-order chi connectivity index (χ0) is 16.0. The van der Waals surface area contributed by atoms with Crippen LogP contribution in [0.5, 0.6) is 0 Å². The molecule has 0 fully saturated rings. The quantitative estimate of drug-likeness (QED) is 0.838. The maximum atomic E-state index is 10.9. The summed E-state index contributed by atoms with van der Waals surface area (Å²) in [5.74, 6) is 1.06. The van der Waals surface area contributed by atoms with Gasteiger partial charge in [0.1, 0.15) is 11.5 Å². The molecule has 0 radical (unpaired) electrons. The molecule has 114 valence electrons. The standard InChI is InChI=1S/C11H15NO2.C6H8O/c1-3-7-5-6-9(11(13)14)8(4-2)10(7)12;1-5-3-4-6(2)7-5/h5-6H,3-4,12H2,1-2H3,(H,13,14);3-4H,1-2H3. The Balaban J connectivity index is 0.000000262. The Morgan fingerprint density at radius 1 is 1.10 bits per heavy atom. The lowest BCUT2D eigenvalue weighted by Gasteiger charge is -2.11. The van der Waals surface area contributed by atoms with Crippen LogP contribution in [0.4, 0.5) is 5.69 Å². The summed E-state index contributed by atoms with van der Waals surface area (Å²) in [5.41, 5.74) is 8.60. The molecule has 21 heavy (non-hydrogen) atoms. The van der Waals surface area contributed by atoms with Crippen LogP contribution in [-0.2, 0) is 12.8 Å². The van der Waals surface area contributed by atoms with Crippen molar-refractivity contribution in [2.24, 2.45) is 0 Å². The SMILES string of the molecule is CCc1ccc(C(=O)O)c(CC)c1N.Cc1ccc(C)o1. The van der Waals surface area contributed by atoms with Crippen molar-refractivity contribution in [3.8, 4) is 0 Å². The first-order chi connectivity index (χ1) is 9.90. The molecule has 0 aliphatic carbocycles. The highest BCUT2D eigenvalue weighted by Gasteiger charge is 2.13. The smallest absolute Gasteiger partial charge is 0.336 e. The molecule has 1 aromatic carbocycles. The van der Waals surface area contributed by atoms with E-state index in [1.807, 2.05) is 39.8 Å². The molecule has 4 heteroatoms. The average Bonchev–Trinajstić information content (AvgIpc) is 2.82. The van der Waals surface area contributed by atoms with Gasteiger partial charge in [-0.2, -0.15) is 0 Å². The number of benzene rings is 1. The van der Waals surface area contributed by atoms with Crippen LogP contribution in [0, 0.1) is 13.8 Å². The summed E-state index contributed by atoms with van der Waals surface area (Å²) in [5, 5.41) is 8.93. The number of nitrogens with two attached hydrogens (primary N) is 1. The minimum absolute atomic E-state index is 0.321. The summed E-state index contributed by atoms with van der Waals surface area (Å²) in [7, 11) is 0. The van der Waals surface area contributed by atoms with Crippen molar-refractivity contribution in [1.82, 2.24) is 0 Å². The Hall–Kier alpha value is -2.23. The van der Waals surface area contributed by atoms with Crippen molar-refractivity contribution in [2.75, 3.05) is 5.73 Å². The first-order valence-corrected chi connectivity index (χ1v) is 7.07. The number of carboxylic acid groups (broad SMARTS) is 1. The maximum absolute atomic E-state index is 10.9. The van der Waals surface area contributed by atoms with E-state index in [9.17, 15) is 4.79 Å². The van der Waals surface area contributed by atoms with Gasteiger partial charge in [0, 0.05) is 5.69 Å². The van der Waals surface area contributed by atoms with Gasteiger partial charge < -0.3 is 15.3 Å². The van der Waals surface area contributed by atoms with Gasteiger partial charge in [0.2, 0.25) is 0 Å². The van der Waals surface area contributed by atoms with E-state index in [1.54, 1.807) is 12.1 Å². The fourth-order valence-corrected chi connectivity index (χ4v) is 2.16. The summed E-state index contributed by atoms with van der Waals surface area (Å²) in [4.78, 5) is 10.9. The van der Waals surface area contributed by atoms with E-state index in [4.69, 9.17) is 15.3 Å². The molecule has 2 aromatic rings. The number of carboxylic acids is 1. The number of anilines is 1. The number of rotatable bonds is 3. The van der Waals surface area contributed by atoms with Gasteiger partial charge in [-0.05, 0) is 56.0 Å². The van der Waals surface area contributed by atoms with Crippen LogP contribution in [0.2, 0.25) is 0 Å². The van der Waals surface area contributed by atoms with Gasteiger partial charge in [-0.25, -0.2) is 4.79 Å². The topological polar surface area (TPSA) is 76.5 Å². The molecule has 0 atom stereocenters. The third-order valence-corrected chi connectivity index (χ3v) is 3.29. The third kappa shape index (κ3) is 4.38. The highest BCUT2D eigenvalue weighted by Crippen LogP contribution is 2.23. The normalized spacial score (nSPS) is 9.90. The van der Waals surface area contributed by atoms with Crippen molar-refractivity contribution in [3.63, 3.8) is 0 Å². The summed E-state index contributed by atoms with van der Waals surface area (Å²) < 4.78 is 5.08. The number of hydrogen-bond donors (Lipinski definition) is 2. The van der Waals surface area contributed by atoms with Crippen LogP contribution >= 0.6 is 0 Å². The lowest BCUT2D eigenvalue weighted by molar-refractivity contribution is 0.0696. The Labute approximate surface area is 125 Å². The second-order valence-corrected chi connectivity index (χ2v) is 4.83. The van der Waals surface area contributed by atoms with E-state index in [0.29, 0.717) is 17.7 Å². The average molecular weight is 289 g/mol. The highest BCUT2D eigenvalue weighted by molar-refractivity contribution is 5.91. The first-order valence-electron chi connectivity index (χ1n) is 7.07. The Morgan fingerprint density at radius 3 is 2.00 bits per heavy atom. The molecule has 0 spiro atoms. The van der Waals surface area contributed by atoms with E-state index >= 15 is 0 Å². The predicted octanol–water partition coefficient (Wildman–Crippen LogP) is 3.99. The first kappa shape index (κ1) is 16.8. The van der Waals surface area contributed by atoms with Gasteiger partial charge in [-0.1, -0.05) is 19.9 Å². The molecule has 2 rings (SSSR count). The molecule has 0 unspecified atom stereocenters. The van der Waals surface area contributed by atoms with Crippen LogP contribution in [0.15, 0.2) is 28.7 Å². The number of hydrogen-bond acceptors (Lipinski definition) is 3. The lowest BCUT2D eigenvalue weighted by atomic mass is 9.98. The van der Waals surface area contributed by atoms with Crippen molar-refractivity contribution in [1.29, 1.82) is 0 Å². The molecule has 1 aromatic heterocycles.